The third kappa shape index (κ3) is 3.28. The van der Waals surface area contributed by atoms with E-state index in [0.29, 0.717) is 36.1 Å². The first-order valence-corrected chi connectivity index (χ1v) is 8.81. The molecule has 0 aromatic heterocycles. The standard InChI is InChI=1S/C16H22N2O2S/c1-12(2)15-6-8-18(9-7-15)21(19,20)16-10-14(11-17)5-4-13(16)3/h4-5,10,12,15H,6-9H2,1-3H3. The van der Waals surface area contributed by atoms with Gasteiger partial charge in [0.15, 0.2) is 0 Å². The van der Waals surface area contributed by atoms with Crippen molar-refractivity contribution in [1.82, 2.24) is 4.31 Å². The average molecular weight is 306 g/mol. The van der Waals surface area contributed by atoms with Gasteiger partial charge in [-0.2, -0.15) is 9.57 Å². The summed E-state index contributed by atoms with van der Waals surface area (Å²) >= 11 is 0. The Bertz CT molecular complexity index is 651. The lowest BCUT2D eigenvalue weighted by Gasteiger charge is -2.33. The molecule has 0 aliphatic carbocycles. The molecular formula is C16H22N2O2S. The molecule has 0 radical (unpaired) electrons. The van der Waals surface area contributed by atoms with Gasteiger partial charge in [0.25, 0.3) is 0 Å². The maximum atomic E-state index is 12.8. The number of sulfonamides is 1. The van der Waals surface area contributed by atoms with Crippen LogP contribution in [0.3, 0.4) is 0 Å². The number of benzene rings is 1. The first kappa shape index (κ1) is 16.0. The third-order valence-corrected chi connectivity index (χ3v) is 6.42. The molecule has 1 saturated heterocycles. The molecule has 0 saturated carbocycles. The molecular weight excluding hydrogens is 284 g/mol. The van der Waals surface area contributed by atoms with Gasteiger partial charge in [-0.05, 0) is 49.3 Å². The SMILES string of the molecule is Cc1ccc(C#N)cc1S(=O)(=O)N1CCC(C(C)C)CC1. The highest BCUT2D eigenvalue weighted by molar-refractivity contribution is 7.89. The molecule has 0 atom stereocenters. The van der Waals surface area contributed by atoms with E-state index in [1.807, 2.05) is 6.07 Å². The smallest absolute Gasteiger partial charge is 0.207 e. The predicted octanol–water partition coefficient (Wildman–Crippen LogP) is 2.92. The van der Waals surface area contributed by atoms with Gasteiger partial charge in [0, 0.05) is 13.1 Å². The number of rotatable bonds is 3. The number of nitriles is 1. The van der Waals surface area contributed by atoms with Gasteiger partial charge in [0.1, 0.15) is 0 Å². The summed E-state index contributed by atoms with van der Waals surface area (Å²) in [4.78, 5) is 0.268. The van der Waals surface area contributed by atoms with Gasteiger partial charge in [0.2, 0.25) is 10.0 Å². The quantitative estimate of drug-likeness (QED) is 0.862. The fourth-order valence-electron chi connectivity index (χ4n) is 2.87. The molecule has 1 fully saturated rings. The van der Waals surface area contributed by atoms with Gasteiger partial charge in [-0.1, -0.05) is 19.9 Å². The van der Waals surface area contributed by atoms with Crippen LogP contribution in [-0.2, 0) is 10.0 Å². The van der Waals surface area contributed by atoms with Crippen molar-refractivity contribution in [3.8, 4) is 6.07 Å². The molecule has 1 aromatic rings. The molecule has 0 N–H and O–H groups in total. The lowest BCUT2D eigenvalue weighted by atomic mass is 9.87. The van der Waals surface area contributed by atoms with Gasteiger partial charge in [0.05, 0.1) is 16.5 Å². The Hall–Kier alpha value is -1.38. The minimum Gasteiger partial charge on any atom is -0.207 e. The van der Waals surface area contributed by atoms with Crippen LogP contribution in [0.25, 0.3) is 0 Å². The van der Waals surface area contributed by atoms with Crippen LogP contribution in [0.2, 0.25) is 0 Å². The number of hydrogen-bond donors (Lipinski definition) is 0. The Balaban J connectivity index is 2.26. The lowest BCUT2D eigenvalue weighted by Crippen LogP contribution is -2.39. The van der Waals surface area contributed by atoms with Crippen LogP contribution >= 0.6 is 0 Å². The number of nitrogens with zero attached hydrogens (tertiary/aromatic N) is 2. The van der Waals surface area contributed by atoms with Gasteiger partial charge < -0.3 is 0 Å². The number of piperidine rings is 1. The van der Waals surface area contributed by atoms with Gasteiger partial charge >= 0.3 is 0 Å². The predicted molar refractivity (Wildman–Crippen MR) is 82.2 cm³/mol. The maximum absolute atomic E-state index is 12.8. The monoisotopic (exact) mass is 306 g/mol. The summed E-state index contributed by atoms with van der Waals surface area (Å²) in [6.07, 6.45) is 1.82. The first-order valence-electron chi connectivity index (χ1n) is 7.37. The highest BCUT2D eigenvalue weighted by Gasteiger charge is 2.31. The van der Waals surface area contributed by atoms with Crippen molar-refractivity contribution in [2.45, 2.75) is 38.5 Å². The van der Waals surface area contributed by atoms with Crippen LogP contribution in [0.5, 0.6) is 0 Å². The molecule has 0 unspecified atom stereocenters. The largest absolute Gasteiger partial charge is 0.243 e. The Morgan fingerprint density at radius 3 is 2.43 bits per heavy atom. The fourth-order valence-corrected chi connectivity index (χ4v) is 4.59. The maximum Gasteiger partial charge on any atom is 0.243 e. The zero-order chi connectivity index (χ0) is 15.6. The van der Waals surface area contributed by atoms with E-state index in [1.54, 1.807) is 23.4 Å². The summed E-state index contributed by atoms with van der Waals surface area (Å²) in [5.41, 5.74) is 1.08. The molecule has 1 aliphatic heterocycles. The van der Waals surface area contributed by atoms with Crippen molar-refractivity contribution >= 4 is 10.0 Å². The van der Waals surface area contributed by atoms with Crippen LogP contribution in [-0.4, -0.2) is 25.8 Å². The Morgan fingerprint density at radius 1 is 1.29 bits per heavy atom. The third-order valence-electron chi connectivity index (χ3n) is 4.38. The molecule has 1 heterocycles. The van der Waals surface area contributed by atoms with E-state index in [9.17, 15) is 8.42 Å². The van der Waals surface area contributed by atoms with Gasteiger partial charge in [-0.15, -0.1) is 0 Å². The summed E-state index contributed by atoms with van der Waals surface area (Å²) in [6.45, 7) is 7.29. The summed E-state index contributed by atoms with van der Waals surface area (Å²) in [5, 5.41) is 8.97. The zero-order valence-corrected chi connectivity index (χ0v) is 13.7. The van der Waals surface area contributed by atoms with E-state index in [0.717, 1.165) is 12.8 Å². The normalized spacial score (nSPS) is 17.9. The summed E-state index contributed by atoms with van der Waals surface area (Å²) in [6, 6.07) is 6.85. The van der Waals surface area contributed by atoms with Crippen molar-refractivity contribution in [3.63, 3.8) is 0 Å². The van der Waals surface area contributed by atoms with Crippen LogP contribution in [0, 0.1) is 30.1 Å². The molecule has 1 aliphatic rings. The Labute approximate surface area is 127 Å². The van der Waals surface area contributed by atoms with Gasteiger partial charge in [-0.3, -0.25) is 0 Å². The van der Waals surface area contributed by atoms with Crippen molar-refractivity contribution in [2.75, 3.05) is 13.1 Å². The summed E-state index contributed by atoms with van der Waals surface area (Å²) < 4.78 is 27.1. The number of hydrogen-bond acceptors (Lipinski definition) is 3. The van der Waals surface area contributed by atoms with E-state index in [1.165, 1.54) is 6.07 Å². The molecule has 0 spiro atoms. The Kier molecular flexibility index (Phi) is 4.70. The molecule has 21 heavy (non-hydrogen) atoms. The van der Waals surface area contributed by atoms with Crippen LogP contribution in [0.1, 0.15) is 37.8 Å². The molecule has 0 amide bonds. The second-order valence-corrected chi connectivity index (χ2v) is 7.98. The van der Waals surface area contributed by atoms with Crippen molar-refractivity contribution in [3.05, 3.63) is 29.3 Å². The highest BCUT2D eigenvalue weighted by Crippen LogP contribution is 2.29. The van der Waals surface area contributed by atoms with E-state index < -0.39 is 10.0 Å². The minimum atomic E-state index is -3.49. The van der Waals surface area contributed by atoms with E-state index in [4.69, 9.17) is 5.26 Å². The minimum absolute atomic E-state index is 0.268. The van der Waals surface area contributed by atoms with Crippen molar-refractivity contribution < 1.29 is 8.42 Å². The second kappa shape index (κ2) is 6.17. The van der Waals surface area contributed by atoms with Gasteiger partial charge in [-0.25, -0.2) is 8.42 Å². The second-order valence-electron chi connectivity index (χ2n) is 6.08. The highest BCUT2D eigenvalue weighted by atomic mass is 32.2. The fraction of sp³-hybridized carbons (Fsp3) is 0.562. The van der Waals surface area contributed by atoms with E-state index >= 15 is 0 Å². The van der Waals surface area contributed by atoms with Crippen LogP contribution in [0.4, 0.5) is 0 Å². The summed E-state index contributed by atoms with van der Waals surface area (Å²) in [7, 11) is -3.49. The van der Waals surface area contributed by atoms with E-state index in [-0.39, 0.29) is 4.90 Å². The molecule has 4 nitrogen and oxygen atoms in total. The average Bonchev–Trinajstić information content (AvgIpc) is 2.47. The van der Waals surface area contributed by atoms with Crippen molar-refractivity contribution in [2.24, 2.45) is 11.8 Å². The first-order chi connectivity index (χ1) is 9.86. The lowest BCUT2D eigenvalue weighted by molar-refractivity contribution is 0.226. The molecule has 2 rings (SSSR count). The molecule has 5 heteroatoms. The van der Waals surface area contributed by atoms with E-state index in [2.05, 4.69) is 13.8 Å². The van der Waals surface area contributed by atoms with Crippen LogP contribution < -0.4 is 0 Å². The van der Waals surface area contributed by atoms with Crippen LogP contribution in [0.15, 0.2) is 23.1 Å². The topological polar surface area (TPSA) is 61.2 Å². The molecule has 114 valence electrons. The number of aryl methyl sites for hydroxylation is 1. The Morgan fingerprint density at radius 2 is 1.90 bits per heavy atom. The van der Waals surface area contributed by atoms with Crippen molar-refractivity contribution in [1.29, 1.82) is 5.26 Å². The zero-order valence-electron chi connectivity index (χ0n) is 12.8. The summed E-state index contributed by atoms with van der Waals surface area (Å²) in [5.74, 6) is 1.20. The molecule has 1 aromatic carbocycles. The molecule has 0 bridgehead atoms.